The van der Waals surface area contributed by atoms with Crippen LogP contribution in [0.2, 0.25) is 0 Å². The molecule has 710 valence electrons. The third-order valence-electron chi connectivity index (χ3n) is 23.1. The van der Waals surface area contributed by atoms with E-state index in [9.17, 15) is 53.7 Å². The number of amides is 15. The summed E-state index contributed by atoms with van der Waals surface area (Å²) in [6.45, 7) is 5.97. The second kappa shape index (κ2) is 48.0. The lowest BCUT2D eigenvalue weighted by atomic mass is 10.00. The molecular weight excluding hydrogens is 1710 g/mol. The Hall–Kier alpha value is -13.8. The van der Waals surface area contributed by atoms with Crippen LogP contribution in [0.15, 0.2) is 85.1 Å². The molecular formula is C87H118N20O24. The average Bonchev–Trinajstić information content (AvgIpc) is 1.70. The summed E-state index contributed by atoms with van der Waals surface area (Å²) in [6.07, 6.45) is -6.99. The highest BCUT2D eigenvalue weighted by atomic mass is 16.5. The molecule has 5 aliphatic rings. The number of ether oxygens (including phenoxy) is 2. The van der Waals surface area contributed by atoms with E-state index < -0.39 is 279 Å². The highest BCUT2D eigenvalue weighted by molar-refractivity contribution is 6.03. The van der Waals surface area contributed by atoms with Crippen LogP contribution >= 0.6 is 0 Å². The maximum Gasteiger partial charge on any atom is 0.326 e. The van der Waals surface area contributed by atoms with Gasteiger partial charge in [-0.2, -0.15) is 0 Å². The standard InChI is InChI=1S/C87H118N20O24/c1-44(2)36-57-75(117)95-55-29-31-68(112)130-43-63-80(122)99-61(78(120)97-57)41-69(113)131-46(5)71(105-79(121)59(39-49-42-93-53-19-10-9-18-51(49)53)100-81(123)65-23-15-35-107(65)85(127)70(45(3)4)104-72(114)52(88)28-30-67(110)111)83(125)101-58(37-48-24-26-50(108)27-25-48)76(118)94-54(73(115)102-62(38-47-16-7-6-8-17-47)84(126)106-34-14-22-64(106)82(124)103-63)20-11-12-32-91-66(109)40-60(98-74(55)116)77(119)96-56(86(128)129)21-13-33-92-87(89)90/h6-10,16-19,24-27,42,44-46,52,54-65,70-71,93,108H,11-15,20-23,28-41,43,88H2,1-5H3,(H,91,109)(H,94,118)(H,95,117)(H,96,119)(H,97,120)(H,98,116)(H,99,122)(H,100,123)(H,101,125)(H,102,115)(H,103,124)(H,104,114)(H,105,121)(H,110,111)(H,128,129)(H4,89,90,92)/t46-,52+,54+,55+,56+,57+,58+,59+,60+,61+,62+,63-,64+,65+,70+,71+/m1/s1. The summed E-state index contributed by atoms with van der Waals surface area (Å²) < 4.78 is 11.7. The first-order chi connectivity index (χ1) is 62.3. The number of aromatic amines is 1. The zero-order valence-corrected chi connectivity index (χ0v) is 73.4. The minimum atomic E-state index is -2.26. The number of benzene rings is 3. The number of guanidine groups is 1. The number of fused-ring (bicyclic) bond motifs is 13. The first-order valence-electron chi connectivity index (χ1n) is 43.8. The fourth-order valence-corrected chi connectivity index (χ4v) is 16.0. The molecule has 0 aliphatic carbocycles. The monoisotopic (exact) mass is 1830 g/mol. The van der Waals surface area contributed by atoms with Gasteiger partial charge in [-0.1, -0.05) is 88.4 Å². The molecule has 4 aromatic rings. The number of nitrogens with two attached hydrogens (primary N) is 2. The maximum atomic E-state index is 16.0. The molecule has 5 saturated heterocycles. The Morgan fingerprint density at radius 2 is 1.22 bits per heavy atom. The quantitative estimate of drug-likeness (QED) is 0.0125. The Kier molecular flexibility index (Phi) is 37.0. The fraction of sp³-hybridized carbons (Fsp3) is 0.540. The van der Waals surface area contributed by atoms with Crippen LogP contribution in [0.1, 0.15) is 154 Å². The Morgan fingerprint density at radius 3 is 1.92 bits per heavy atom. The number of H-pyrrole nitrogens is 1. The minimum Gasteiger partial charge on any atom is -0.508 e. The van der Waals surface area contributed by atoms with Crippen LogP contribution in [0.25, 0.3) is 10.9 Å². The molecule has 0 radical (unpaired) electrons. The van der Waals surface area contributed by atoms with Crippen LogP contribution in [0.4, 0.5) is 0 Å². The van der Waals surface area contributed by atoms with Crippen LogP contribution in [0.3, 0.4) is 0 Å². The molecule has 131 heavy (non-hydrogen) atoms. The number of hydrogen-bond donors (Lipinski definition) is 21. The number of phenols is 1. The van der Waals surface area contributed by atoms with E-state index in [0.717, 1.165) is 11.8 Å². The molecule has 0 saturated carbocycles. The smallest absolute Gasteiger partial charge is 0.326 e. The van der Waals surface area contributed by atoms with E-state index in [0.29, 0.717) is 22.0 Å². The van der Waals surface area contributed by atoms with Crippen molar-refractivity contribution < 1.29 is 116 Å². The Bertz CT molecular complexity index is 4860. The first kappa shape index (κ1) is 101. The number of hydrogen-bond acceptors (Lipinski definition) is 24. The topological polar surface area (TPSA) is 670 Å². The van der Waals surface area contributed by atoms with Gasteiger partial charge in [-0.15, -0.1) is 0 Å². The second-order valence-electron chi connectivity index (χ2n) is 34.0. The van der Waals surface area contributed by atoms with Crippen molar-refractivity contribution in [2.24, 2.45) is 23.3 Å². The molecule has 23 N–H and O–H groups in total. The van der Waals surface area contributed by atoms with Crippen LogP contribution < -0.4 is 85.9 Å². The molecule has 4 bridgehead atoms. The fourth-order valence-electron chi connectivity index (χ4n) is 16.0. The van der Waals surface area contributed by atoms with Gasteiger partial charge >= 0.3 is 23.9 Å². The molecule has 5 aliphatic heterocycles. The number of rotatable bonds is 26. The van der Waals surface area contributed by atoms with Gasteiger partial charge in [0.2, 0.25) is 88.6 Å². The van der Waals surface area contributed by atoms with Crippen molar-refractivity contribution >= 4 is 129 Å². The molecule has 3 aromatic carbocycles. The molecule has 9 rings (SSSR count). The lowest BCUT2D eigenvalue weighted by molar-refractivity contribution is -0.154. The summed E-state index contributed by atoms with van der Waals surface area (Å²) in [4.78, 5) is 286. The number of nitrogens with zero attached hydrogens (tertiary/aromatic N) is 2. The first-order valence-corrected chi connectivity index (χ1v) is 43.8. The van der Waals surface area contributed by atoms with Gasteiger partial charge in [0.25, 0.3) is 0 Å². The number of aromatic nitrogens is 1. The zero-order chi connectivity index (χ0) is 95.4. The number of cyclic esters (lactones) is 1. The number of likely N-dealkylation sites (tertiary alicyclic amines) is 1. The van der Waals surface area contributed by atoms with E-state index in [4.69, 9.17) is 26.4 Å². The van der Waals surface area contributed by atoms with Gasteiger partial charge in [0.15, 0.2) is 5.96 Å². The molecule has 5 fully saturated rings. The largest absolute Gasteiger partial charge is 0.508 e. The second-order valence-corrected chi connectivity index (χ2v) is 34.0. The van der Waals surface area contributed by atoms with E-state index in [1.165, 1.54) is 29.2 Å². The number of nitrogens with one attached hydrogen (secondary N) is 16. The summed E-state index contributed by atoms with van der Waals surface area (Å²) in [5.74, 6) is -23.9. The Labute approximate surface area is 753 Å². The number of aromatic hydroxyl groups is 1. The SMILES string of the molecule is CC(C)C[C@@H]1NC(=O)[C@@H]2CC(=O)O[C@H](C)[C@H](NC(=O)[C@H](Cc3c[nH]c4ccccc34)NC(=O)[C@@H]3CCCN3C(=O)[C@@H](NC(=O)[C@@H](N)CCC(=O)O)C(C)C)C(=O)N[C@@H](Cc3ccc(O)cc3)C(=O)N[C@H]3CCCCNC(=O)C[C@@H](C(=O)N[C@@H](CCCNC(=N)N)C(=O)O)NC(=O)[C@H](CCC(=O)OC[C@@H](NC(=O)[C@@H]4CCCN4C(=O)[C@H](Cc4ccccc4)NC3=O)C(=O)N2)NC1=O. The molecule has 0 unspecified atom stereocenters. The summed E-state index contributed by atoms with van der Waals surface area (Å²) in [7, 11) is 0. The van der Waals surface area contributed by atoms with Crippen LogP contribution in [-0.4, -0.2) is 278 Å². The number of carbonyl (C=O) groups is 19. The van der Waals surface area contributed by atoms with Crippen LogP contribution in [-0.2, 0) is 120 Å². The van der Waals surface area contributed by atoms with Crippen molar-refractivity contribution in [3.05, 3.63) is 102 Å². The zero-order valence-electron chi connectivity index (χ0n) is 73.4. The van der Waals surface area contributed by atoms with Crippen molar-refractivity contribution in [1.82, 2.24) is 89.2 Å². The third kappa shape index (κ3) is 29.6. The van der Waals surface area contributed by atoms with Crippen molar-refractivity contribution in [3.63, 3.8) is 0 Å². The van der Waals surface area contributed by atoms with E-state index in [1.54, 1.807) is 88.5 Å². The van der Waals surface area contributed by atoms with Gasteiger partial charge in [0.05, 0.1) is 18.9 Å². The number of para-hydroxylation sites is 1. The molecule has 44 nitrogen and oxygen atoms in total. The molecule has 44 heteroatoms. The molecule has 16 atom stereocenters. The summed E-state index contributed by atoms with van der Waals surface area (Å²) in [5, 5.41) is 74.0. The number of esters is 2. The summed E-state index contributed by atoms with van der Waals surface area (Å²) in [6, 6.07) is -6.01. The molecule has 6 heterocycles. The van der Waals surface area contributed by atoms with Crippen molar-refractivity contribution in [2.45, 2.75) is 253 Å². The lowest BCUT2D eigenvalue weighted by Crippen LogP contribution is -2.63. The molecule has 0 spiro atoms. The van der Waals surface area contributed by atoms with E-state index in [2.05, 4.69) is 79.4 Å². The van der Waals surface area contributed by atoms with Gasteiger partial charge in [-0.3, -0.25) is 91.7 Å². The lowest BCUT2D eigenvalue weighted by Gasteiger charge is -2.32. The van der Waals surface area contributed by atoms with E-state index in [1.807, 2.05) is 0 Å². The van der Waals surface area contributed by atoms with Gasteiger partial charge in [0, 0.05) is 75.4 Å². The van der Waals surface area contributed by atoms with E-state index in [-0.39, 0.29) is 115 Å². The van der Waals surface area contributed by atoms with Crippen LogP contribution in [0.5, 0.6) is 5.75 Å². The highest BCUT2D eigenvalue weighted by Crippen LogP contribution is 2.26. The summed E-state index contributed by atoms with van der Waals surface area (Å²) in [5.41, 5.74) is 13.2. The number of carboxylic acid groups (broad SMARTS) is 2. The maximum absolute atomic E-state index is 16.0. The number of aliphatic carboxylic acids is 2. The van der Waals surface area contributed by atoms with Crippen molar-refractivity contribution in [2.75, 3.05) is 32.8 Å². The normalized spacial score (nSPS) is 24.4. The molecule has 15 amide bonds. The predicted octanol–water partition coefficient (Wildman–Crippen LogP) is -3.69. The van der Waals surface area contributed by atoms with Crippen LogP contribution in [0, 0.1) is 17.2 Å². The van der Waals surface area contributed by atoms with Gasteiger partial charge in [0.1, 0.15) is 103 Å². The Morgan fingerprint density at radius 1 is 0.603 bits per heavy atom. The summed E-state index contributed by atoms with van der Waals surface area (Å²) >= 11 is 0. The van der Waals surface area contributed by atoms with Gasteiger partial charge in [-0.05, 0) is 131 Å². The van der Waals surface area contributed by atoms with E-state index >= 15 is 52.7 Å². The Balaban J connectivity index is 1.19. The number of carbonyl (C=O) groups excluding carboxylic acids is 17. The number of carboxylic acids is 2. The predicted molar refractivity (Wildman–Crippen MR) is 464 cm³/mol. The number of phenolic OH excluding ortho intramolecular Hbond substituents is 1. The van der Waals surface area contributed by atoms with Crippen molar-refractivity contribution in [3.8, 4) is 5.75 Å². The van der Waals surface area contributed by atoms with Crippen molar-refractivity contribution in [1.29, 1.82) is 5.41 Å². The molecule has 1 aromatic heterocycles. The minimum absolute atomic E-state index is 0.00589. The third-order valence-corrected chi connectivity index (χ3v) is 23.1. The average molecular weight is 1830 g/mol. The van der Waals surface area contributed by atoms with Gasteiger partial charge in [-0.25, -0.2) is 4.79 Å². The van der Waals surface area contributed by atoms with Gasteiger partial charge < -0.3 is 125 Å². The highest BCUT2D eigenvalue weighted by Gasteiger charge is 2.46.